The number of aromatic carboxylic acids is 1. The molecule has 0 atom stereocenters. The van der Waals surface area contributed by atoms with Gasteiger partial charge in [0.1, 0.15) is 5.15 Å². The highest BCUT2D eigenvalue weighted by molar-refractivity contribution is 6.29. The van der Waals surface area contributed by atoms with E-state index in [1.165, 1.54) is 19.3 Å². The van der Waals surface area contributed by atoms with Gasteiger partial charge in [-0.25, -0.2) is 9.78 Å². The Kier molecular flexibility index (Phi) is 4.00. The van der Waals surface area contributed by atoms with Crippen molar-refractivity contribution < 1.29 is 14.7 Å². The van der Waals surface area contributed by atoms with E-state index in [4.69, 9.17) is 11.6 Å². The van der Waals surface area contributed by atoms with Gasteiger partial charge in [-0.3, -0.25) is 4.79 Å². The lowest BCUT2D eigenvalue weighted by atomic mass is 10.00. The molecule has 2 rings (SSSR count). The van der Waals surface area contributed by atoms with Crippen molar-refractivity contribution in [2.45, 2.75) is 0 Å². The second-order valence-corrected chi connectivity index (χ2v) is 4.40. The Morgan fingerprint density at radius 2 is 2.05 bits per heavy atom. The van der Waals surface area contributed by atoms with Gasteiger partial charge in [-0.2, -0.15) is 0 Å². The number of pyridine rings is 1. The van der Waals surface area contributed by atoms with E-state index in [1.54, 1.807) is 24.3 Å². The van der Waals surface area contributed by atoms with Gasteiger partial charge in [0, 0.05) is 24.4 Å². The van der Waals surface area contributed by atoms with Crippen LogP contribution in [0.25, 0.3) is 11.1 Å². The summed E-state index contributed by atoms with van der Waals surface area (Å²) in [6.07, 6.45) is 1.38. The zero-order chi connectivity index (χ0) is 14.7. The summed E-state index contributed by atoms with van der Waals surface area (Å²) in [5, 5.41) is 11.8. The standard InChI is InChI=1S/C14H11ClN2O3/c1-16-13(18)9-4-2-3-8(5-9)11-7-17-12(15)6-10(11)14(19)20/h2-7H,1H3,(H,16,18)(H,19,20). The molecule has 102 valence electrons. The third-order valence-corrected chi connectivity index (χ3v) is 2.97. The second kappa shape index (κ2) is 5.71. The normalized spacial score (nSPS) is 10.1. The van der Waals surface area contributed by atoms with Crippen LogP contribution >= 0.6 is 11.6 Å². The van der Waals surface area contributed by atoms with Crippen LogP contribution in [0.3, 0.4) is 0 Å². The molecule has 0 unspecified atom stereocenters. The number of hydrogen-bond acceptors (Lipinski definition) is 3. The molecule has 0 saturated carbocycles. The fourth-order valence-corrected chi connectivity index (χ4v) is 1.97. The molecule has 0 spiro atoms. The minimum atomic E-state index is -1.10. The first-order valence-electron chi connectivity index (χ1n) is 5.74. The Labute approximate surface area is 120 Å². The Morgan fingerprint density at radius 3 is 2.70 bits per heavy atom. The molecule has 1 heterocycles. The van der Waals surface area contributed by atoms with Gasteiger partial charge in [-0.1, -0.05) is 23.7 Å². The van der Waals surface area contributed by atoms with Gasteiger partial charge in [-0.15, -0.1) is 0 Å². The minimum absolute atomic E-state index is 0.0408. The van der Waals surface area contributed by atoms with E-state index < -0.39 is 5.97 Å². The first-order chi connectivity index (χ1) is 9.52. The molecule has 2 N–H and O–H groups in total. The number of nitrogens with zero attached hydrogens (tertiary/aromatic N) is 1. The monoisotopic (exact) mass is 290 g/mol. The number of amides is 1. The lowest BCUT2D eigenvalue weighted by Crippen LogP contribution is -2.17. The molecular formula is C14H11ClN2O3. The fourth-order valence-electron chi connectivity index (χ4n) is 1.81. The molecule has 5 nitrogen and oxygen atoms in total. The number of aromatic nitrogens is 1. The zero-order valence-corrected chi connectivity index (χ0v) is 11.3. The summed E-state index contributed by atoms with van der Waals surface area (Å²) in [5.41, 5.74) is 1.48. The van der Waals surface area contributed by atoms with E-state index >= 15 is 0 Å². The predicted octanol–water partition coefficient (Wildman–Crippen LogP) is 2.46. The first kappa shape index (κ1) is 14.0. The molecular weight excluding hydrogens is 280 g/mol. The van der Waals surface area contributed by atoms with E-state index in [2.05, 4.69) is 10.3 Å². The van der Waals surface area contributed by atoms with Crippen LogP contribution in [0, 0.1) is 0 Å². The van der Waals surface area contributed by atoms with Crippen LogP contribution in [0.1, 0.15) is 20.7 Å². The molecule has 0 aliphatic heterocycles. The average Bonchev–Trinajstić information content (AvgIpc) is 2.46. The third-order valence-electron chi connectivity index (χ3n) is 2.76. The smallest absolute Gasteiger partial charge is 0.336 e. The fraction of sp³-hybridized carbons (Fsp3) is 0.0714. The SMILES string of the molecule is CNC(=O)c1cccc(-c2cnc(Cl)cc2C(=O)O)c1. The lowest BCUT2D eigenvalue weighted by Gasteiger charge is -2.08. The van der Waals surface area contributed by atoms with Gasteiger partial charge < -0.3 is 10.4 Å². The number of nitrogens with one attached hydrogen (secondary N) is 1. The number of carboxylic acids is 1. The Balaban J connectivity index is 2.57. The van der Waals surface area contributed by atoms with Crippen LogP contribution in [0.4, 0.5) is 0 Å². The van der Waals surface area contributed by atoms with Crippen molar-refractivity contribution >= 4 is 23.5 Å². The molecule has 0 fully saturated rings. The molecule has 1 amide bonds. The largest absolute Gasteiger partial charge is 0.478 e. The number of carbonyl (C=O) groups is 2. The van der Waals surface area contributed by atoms with Crippen molar-refractivity contribution in [1.82, 2.24) is 10.3 Å². The van der Waals surface area contributed by atoms with E-state index in [0.717, 1.165) is 0 Å². The second-order valence-electron chi connectivity index (χ2n) is 4.02. The van der Waals surface area contributed by atoms with Crippen LogP contribution < -0.4 is 5.32 Å². The highest BCUT2D eigenvalue weighted by Crippen LogP contribution is 2.25. The number of carbonyl (C=O) groups excluding carboxylic acids is 1. The van der Waals surface area contributed by atoms with E-state index in [9.17, 15) is 14.7 Å². The summed E-state index contributed by atoms with van der Waals surface area (Å²) in [4.78, 5) is 26.8. The summed E-state index contributed by atoms with van der Waals surface area (Å²) in [6, 6.07) is 7.93. The molecule has 1 aromatic carbocycles. The van der Waals surface area contributed by atoms with Crippen molar-refractivity contribution in [2.75, 3.05) is 7.05 Å². The van der Waals surface area contributed by atoms with E-state index in [1.807, 2.05) is 0 Å². The molecule has 20 heavy (non-hydrogen) atoms. The highest BCUT2D eigenvalue weighted by Gasteiger charge is 2.14. The minimum Gasteiger partial charge on any atom is -0.478 e. The number of rotatable bonds is 3. The Hall–Kier alpha value is -2.40. The Bertz CT molecular complexity index is 686. The molecule has 6 heteroatoms. The molecule has 0 saturated heterocycles. The van der Waals surface area contributed by atoms with Crippen molar-refractivity contribution in [3.8, 4) is 11.1 Å². The number of carboxylic acid groups (broad SMARTS) is 1. The topological polar surface area (TPSA) is 79.3 Å². The maximum absolute atomic E-state index is 11.6. The molecule has 0 radical (unpaired) electrons. The number of benzene rings is 1. The van der Waals surface area contributed by atoms with Gasteiger partial charge >= 0.3 is 5.97 Å². The van der Waals surface area contributed by atoms with Crippen LogP contribution in [0.15, 0.2) is 36.5 Å². The summed E-state index contributed by atoms with van der Waals surface area (Å²) >= 11 is 5.71. The molecule has 0 aliphatic carbocycles. The number of hydrogen-bond donors (Lipinski definition) is 2. The summed E-state index contributed by atoms with van der Waals surface area (Å²) in [7, 11) is 1.53. The summed E-state index contributed by atoms with van der Waals surface area (Å²) < 4.78 is 0. The van der Waals surface area contributed by atoms with Crippen LogP contribution in [-0.2, 0) is 0 Å². The predicted molar refractivity (Wildman–Crippen MR) is 75.0 cm³/mol. The van der Waals surface area contributed by atoms with Gasteiger partial charge in [0.2, 0.25) is 0 Å². The zero-order valence-electron chi connectivity index (χ0n) is 10.6. The third kappa shape index (κ3) is 2.78. The molecule has 1 aromatic heterocycles. The van der Waals surface area contributed by atoms with E-state index in [0.29, 0.717) is 16.7 Å². The van der Waals surface area contributed by atoms with Gasteiger partial charge in [0.05, 0.1) is 5.56 Å². The lowest BCUT2D eigenvalue weighted by molar-refractivity contribution is 0.0697. The summed E-state index contributed by atoms with van der Waals surface area (Å²) in [6.45, 7) is 0. The van der Waals surface area contributed by atoms with Crippen molar-refractivity contribution in [3.05, 3.63) is 52.8 Å². The molecule has 0 aliphatic rings. The van der Waals surface area contributed by atoms with Crippen molar-refractivity contribution in [1.29, 1.82) is 0 Å². The molecule has 2 aromatic rings. The van der Waals surface area contributed by atoms with Gasteiger partial charge in [-0.05, 0) is 23.8 Å². The maximum atomic E-state index is 11.6. The van der Waals surface area contributed by atoms with Crippen molar-refractivity contribution in [3.63, 3.8) is 0 Å². The van der Waals surface area contributed by atoms with Gasteiger partial charge in [0.15, 0.2) is 0 Å². The number of halogens is 1. The average molecular weight is 291 g/mol. The van der Waals surface area contributed by atoms with E-state index in [-0.39, 0.29) is 16.6 Å². The molecule has 0 bridgehead atoms. The Morgan fingerprint density at radius 1 is 1.30 bits per heavy atom. The van der Waals surface area contributed by atoms with Crippen molar-refractivity contribution in [2.24, 2.45) is 0 Å². The van der Waals surface area contributed by atoms with Gasteiger partial charge in [0.25, 0.3) is 5.91 Å². The summed E-state index contributed by atoms with van der Waals surface area (Å²) in [5.74, 6) is -1.35. The quantitative estimate of drug-likeness (QED) is 0.851. The highest BCUT2D eigenvalue weighted by atomic mass is 35.5. The maximum Gasteiger partial charge on any atom is 0.336 e. The first-order valence-corrected chi connectivity index (χ1v) is 6.12. The van der Waals surface area contributed by atoms with Crippen LogP contribution in [0.5, 0.6) is 0 Å². The van der Waals surface area contributed by atoms with Crippen LogP contribution in [-0.4, -0.2) is 29.0 Å². The van der Waals surface area contributed by atoms with Crippen LogP contribution in [0.2, 0.25) is 5.15 Å².